The Kier molecular flexibility index (Phi) is 2.47. The van der Waals surface area contributed by atoms with Gasteiger partial charge in [-0.15, -0.1) is 11.6 Å². The molecule has 2 rings (SSSR count). The van der Waals surface area contributed by atoms with Crippen molar-refractivity contribution in [2.75, 3.05) is 11.5 Å². The van der Waals surface area contributed by atoms with Crippen molar-refractivity contribution in [2.45, 2.75) is 24.3 Å². The normalized spacial score (nSPS) is 35.5. The molecule has 0 aromatic heterocycles. The number of hydrogen-bond donors (Lipinski definition) is 1. The van der Waals surface area contributed by atoms with E-state index in [1.165, 1.54) is 0 Å². The minimum Gasteiger partial charge on any atom is -0.351 e. The molecule has 4 nitrogen and oxygen atoms in total. The third-order valence-corrected chi connectivity index (χ3v) is 4.93. The van der Waals surface area contributed by atoms with Crippen LogP contribution in [-0.2, 0) is 14.6 Å². The molecule has 0 radical (unpaired) electrons. The highest BCUT2D eigenvalue weighted by molar-refractivity contribution is 7.91. The maximum atomic E-state index is 11.4. The molecular weight excluding hydrogens is 226 g/mol. The molecule has 0 bridgehead atoms. The van der Waals surface area contributed by atoms with Crippen LogP contribution in [0, 0.1) is 5.92 Å². The molecule has 2 fully saturated rings. The van der Waals surface area contributed by atoms with Crippen LogP contribution in [0.15, 0.2) is 0 Å². The Bertz CT molecular complexity index is 350. The predicted octanol–water partition coefficient (Wildman–Crippen LogP) is -0.0830. The molecule has 2 atom stereocenters. The zero-order valence-corrected chi connectivity index (χ0v) is 9.14. The molecule has 1 heterocycles. The molecule has 0 aromatic rings. The fourth-order valence-corrected chi connectivity index (χ4v) is 4.13. The lowest BCUT2D eigenvalue weighted by atomic mass is 10.2. The molecule has 1 aliphatic carbocycles. The van der Waals surface area contributed by atoms with Crippen molar-refractivity contribution >= 4 is 27.3 Å². The molecule has 0 spiro atoms. The smallest absolute Gasteiger partial charge is 0.223 e. The van der Waals surface area contributed by atoms with Crippen LogP contribution in [0.2, 0.25) is 0 Å². The summed E-state index contributed by atoms with van der Waals surface area (Å²) >= 11 is 5.84. The van der Waals surface area contributed by atoms with Gasteiger partial charge in [0.15, 0.2) is 9.84 Å². The molecule has 14 heavy (non-hydrogen) atoms. The SMILES string of the molecule is O=C(N[C@@H]1CS(=O)(=O)C[C@H]1Cl)C1CC1. The number of hydrogen-bond acceptors (Lipinski definition) is 3. The van der Waals surface area contributed by atoms with E-state index in [2.05, 4.69) is 5.32 Å². The zero-order chi connectivity index (χ0) is 10.3. The number of halogens is 1. The van der Waals surface area contributed by atoms with Crippen molar-refractivity contribution in [3.8, 4) is 0 Å². The molecule has 1 amide bonds. The van der Waals surface area contributed by atoms with E-state index in [0.717, 1.165) is 12.8 Å². The first kappa shape index (κ1) is 10.2. The first-order valence-electron chi connectivity index (χ1n) is 4.63. The zero-order valence-electron chi connectivity index (χ0n) is 7.57. The van der Waals surface area contributed by atoms with E-state index in [4.69, 9.17) is 11.6 Å². The molecule has 1 saturated heterocycles. The van der Waals surface area contributed by atoms with Gasteiger partial charge in [0.2, 0.25) is 5.91 Å². The van der Waals surface area contributed by atoms with Gasteiger partial charge >= 0.3 is 0 Å². The van der Waals surface area contributed by atoms with E-state index < -0.39 is 21.3 Å². The van der Waals surface area contributed by atoms with Crippen molar-refractivity contribution in [1.82, 2.24) is 5.32 Å². The topological polar surface area (TPSA) is 63.2 Å². The lowest BCUT2D eigenvalue weighted by Crippen LogP contribution is -2.41. The highest BCUT2D eigenvalue weighted by atomic mass is 35.5. The average molecular weight is 238 g/mol. The number of alkyl halides is 1. The molecule has 2 aliphatic rings. The van der Waals surface area contributed by atoms with Crippen LogP contribution in [0.5, 0.6) is 0 Å². The van der Waals surface area contributed by atoms with Crippen molar-refractivity contribution in [2.24, 2.45) is 5.92 Å². The van der Waals surface area contributed by atoms with Gasteiger partial charge in [0.1, 0.15) is 0 Å². The first-order valence-corrected chi connectivity index (χ1v) is 6.88. The fourth-order valence-electron chi connectivity index (χ4n) is 1.58. The van der Waals surface area contributed by atoms with E-state index in [9.17, 15) is 13.2 Å². The lowest BCUT2D eigenvalue weighted by molar-refractivity contribution is -0.122. The van der Waals surface area contributed by atoms with Crippen molar-refractivity contribution in [1.29, 1.82) is 0 Å². The van der Waals surface area contributed by atoms with Gasteiger partial charge in [-0.1, -0.05) is 0 Å². The van der Waals surface area contributed by atoms with E-state index in [1.807, 2.05) is 0 Å². The van der Waals surface area contributed by atoms with Crippen molar-refractivity contribution < 1.29 is 13.2 Å². The highest BCUT2D eigenvalue weighted by Gasteiger charge is 2.39. The van der Waals surface area contributed by atoms with Crippen LogP contribution in [0.1, 0.15) is 12.8 Å². The second-order valence-corrected chi connectivity index (χ2v) is 6.70. The number of amides is 1. The number of carbonyl (C=O) groups excluding carboxylic acids is 1. The van der Waals surface area contributed by atoms with Gasteiger partial charge in [-0.25, -0.2) is 8.42 Å². The summed E-state index contributed by atoms with van der Waals surface area (Å²) in [4.78, 5) is 11.4. The van der Waals surface area contributed by atoms with E-state index >= 15 is 0 Å². The van der Waals surface area contributed by atoms with Crippen LogP contribution in [0.3, 0.4) is 0 Å². The first-order chi connectivity index (χ1) is 6.48. The predicted molar refractivity (Wildman–Crippen MR) is 52.9 cm³/mol. The maximum absolute atomic E-state index is 11.4. The molecule has 1 N–H and O–H groups in total. The molecule has 1 aliphatic heterocycles. The van der Waals surface area contributed by atoms with Gasteiger partial charge in [-0.05, 0) is 12.8 Å². The fraction of sp³-hybridized carbons (Fsp3) is 0.875. The lowest BCUT2D eigenvalue weighted by Gasteiger charge is -2.13. The van der Waals surface area contributed by atoms with Gasteiger partial charge in [-0.3, -0.25) is 4.79 Å². The molecule has 0 aromatic carbocycles. The van der Waals surface area contributed by atoms with Crippen LogP contribution in [0.4, 0.5) is 0 Å². The van der Waals surface area contributed by atoms with E-state index in [-0.39, 0.29) is 23.3 Å². The summed E-state index contributed by atoms with van der Waals surface area (Å²) in [5.41, 5.74) is 0. The molecule has 0 unspecified atom stereocenters. The Balaban J connectivity index is 1.95. The van der Waals surface area contributed by atoms with Gasteiger partial charge in [-0.2, -0.15) is 0 Å². The molecule has 1 saturated carbocycles. The minimum atomic E-state index is -3.04. The van der Waals surface area contributed by atoms with Crippen LogP contribution < -0.4 is 5.32 Å². The Morgan fingerprint density at radius 2 is 1.93 bits per heavy atom. The summed E-state index contributed by atoms with van der Waals surface area (Å²) in [5, 5.41) is 2.23. The summed E-state index contributed by atoms with van der Waals surface area (Å²) in [6.07, 6.45) is 1.83. The van der Waals surface area contributed by atoms with Crippen molar-refractivity contribution in [3.63, 3.8) is 0 Å². The Morgan fingerprint density at radius 3 is 2.36 bits per heavy atom. The standard InChI is InChI=1S/C8H12ClNO3S/c9-6-3-14(12,13)4-7(6)10-8(11)5-1-2-5/h5-7H,1-4H2,(H,10,11)/t6-,7-/m1/s1. The van der Waals surface area contributed by atoms with Crippen LogP contribution in [0.25, 0.3) is 0 Å². The minimum absolute atomic E-state index is 0.0143. The average Bonchev–Trinajstić information content (AvgIpc) is 2.79. The molecular formula is C8H12ClNO3S. The second kappa shape index (κ2) is 3.38. The number of nitrogens with one attached hydrogen (secondary N) is 1. The second-order valence-electron chi connectivity index (χ2n) is 3.98. The summed E-state index contributed by atoms with van der Waals surface area (Å²) in [6.45, 7) is 0. The monoisotopic (exact) mass is 237 g/mol. The van der Waals surface area contributed by atoms with Crippen LogP contribution in [-0.4, -0.2) is 37.2 Å². The molecule has 80 valence electrons. The summed E-state index contributed by atoms with van der Waals surface area (Å²) in [6, 6.07) is -0.394. The Morgan fingerprint density at radius 1 is 1.29 bits per heavy atom. The number of carbonyl (C=O) groups is 1. The highest BCUT2D eigenvalue weighted by Crippen LogP contribution is 2.29. The Labute approximate surface area is 87.9 Å². The van der Waals surface area contributed by atoms with Gasteiger partial charge in [0, 0.05) is 5.92 Å². The summed E-state index contributed by atoms with van der Waals surface area (Å²) in [5.74, 6) is 0.0176. The summed E-state index contributed by atoms with van der Waals surface area (Å²) in [7, 11) is -3.04. The quantitative estimate of drug-likeness (QED) is 0.684. The maximum Gasteiger partial charge on any atom is 0.223 e. The van der Waals surface area contributed by atoms with E-state index in [0.29, 0.717) is 0 Å². The number of rotatable bonds is 2. The molecule has 6 heteroatoms. The Hall–Kier alpha value is -0.290. The van der Waals surface area contributed by atoms with E-state index in [1.54, 1.807) is 0 Å². The third-order valence-electron chi connectivity index (χ3n) is 2.56. The van der Waals surface area contributed by atoms with Crippen molar-refractivity contribution in [3.05, 3.63) is 0 Å². The third kappa shape index (κ3) is 2.20. The van der Waals surface area contributed by atoms with Gasteiger partial charge < -0.3 is 5.32 Å². The number of sulfone groups is 1. The van der Waals surface area contributed by atoms with Gasteiger partial charge in [0.25, 0.3) is 0 Å². The summed E-state index contributed by atoms with van der Waals surface area (Å²) < 4.78 is 22.4. The van der Waals surface area contributed by atoms with Gasteiger partial charge in [0.05, 0.1) is 22.9 Å². The van der Waals surface area contributed by atoms with Crippen LogP contribution >= 0.6 is 11.6 Å². The largest absolute Gasteiger partial charge is 0.351 e.